The fraction of sp³-hybridized carbons (Fsp3) is 0.607. The van der Waals surface area contributed by atoms with Crippen LogP contribution < -0.4 is 10.1 Å². The number of ether oxygens (including phenoxy) is 5. The SMILES string of the molecule is C#CCCC(CC(=O)COCCOCCOCC)C(=O)Nc1ccc(OC2OC(C(=O)O)C(O)C(O)C2O)c(CF)c1. The molecule has 1 saturated heterocycles. The van der Waals surface area contributed by atoms with Crippen molar-refractivity contribution in [2.45, 2.75) is 63.6 Å². The van der Waals surface area contributed by atoms with Gasteiger partial charge in [-0.05, 0) is 31.5 Å². The van der Waals surface area contributed by atoms with Gasteiger partial charge in [-0.2, -0.15) is 0 Å². The van der Waals surface area contributed by atoms with Crippen LogP contribution in [0, 0.1) is 18.3 Å². The Bertz CT molecular complexity index is 1060. The number of ketones is 1. The van der Waals surface area contributed by atoms with Crippen LogP contribution in [0.15, 0.2) is 18.2 Å². The molecule has 1 aliphatic rings. The molecule has 0 aliphatic carbocycles. The molecule has 234 valence electrons. The van der Waals surface area contributed by atoms with Crippen LogP contribution >= 0.6 is 0 Å². The molecular formula is C28H38FNO12. The number of carboxylic acids is 1. The molecule has 1 fully saturated rings. The third kappa shape index (κ3) is 10.9. The maximum Gasteiger partial charge on any atom is 0.335 e. The van der Waals surface area contributed by atoms with Crippen LogP contribution in [-0.4, -0.2) is 108 Å². The van der Waals surface area contributed by atoms with E-state index < -0.39 is 55.2 Å². The highest BCUT2D eigenvalue weighted by Crippen LogP contribution is 2.29. The van der Waals surface area contributed by atoms with Crippen LogP contribution in [0.4, 0.5) is 10.1 Å². The normalized spacial score (nSPS) is 22.6. The number of alkyl halides is 1. The number of aliphatic carboxylic acids is 1. The van der Waals surface area contributed by atoms with E-state index in [-0.39, 0.29) is 61.9 Å². The zero-order chi connectivity index (χ0) is 31.1. The van der Waals surface area contributed by atoms with Crippen molar-refractivity contribution in [3.8, 4) is 18.1 Å². The minimum absolute atomic E-state index is 0.0933. The number of anilines is 1. The molecule has 1 aliphatic heterocycles. The van der Waals surface area contributed by atoms with E-state index in [2.05, 4.69) is 11.2 Å². The van der Waals surface area contributed by atoms with Crippen molar-refractivity contribution in [1.29, 1.82) is 0 Å². The van der Waals surface area contributed by atoms with Crippen molar-refractivity contribution in [3.05, 3.63) is 23.8 Å². The van der Waals surface area contributed by atoms with Crippen molar-refractivity contribution >= 4 is 23.3 Å². The Morgan fingerprint density at radius 1 is 1.07 bits per heavy atom. The molecule has 6 atom stereocenters. The average Bonchev–Trinajstić information content (AvgIpc) is 2.97. The number of aliphatic hydroxyl groups excluding tert-OH is 3. The van der Waals surface area contributed by atoms with Gasteiger partial charge in [0, 0.05) is 36.6 Å². The van der Waals surface area contributed by atoms with Crippen molar-refractivity contribution in [3.63, 3.8) is 0 Å². The number of carbonyl (C=O) groups excluding carboxylic acids is 2. The molecule has 1 heterocycles. The molecule has 13 nitrogen and oxygen atoms in total. The lowest BCUT2D eigenvalue weighted by molar-refractivity contribution is -0.271. The Labute approximate surface area is 242 Å². The summed E-state index contributed by atoms with van der Waals surface area (Å²) in [5.74, 6) is -0.942. The second-order valence-corrected chi connectivity index (χ2v) is 9.34. The van der Waals surface area contributed by atoms with Crippen molar-refractivity contribution in [1.82, 2.24) is 0 Å². The Balaban J connectivity index is 1.98. The Morgan fingerprint density at radius 2 is 1.76 bits per heavy atom. The molecule has 14 heteroatoms. The van der Waals surface area contributed by atoms with E-state index in [1.54, 1.807) is 0 Å². The van der Waals surface area contributed by atoms with Gasteiger partial charge < -0.3 is 49.4 Å². The third-order valence-corrected chi connectivity index (χ3v) is 6.22. The molecule has 2 rings (SSSR count). The quantitative estimate of drug-likeness (QED) is 0.109. The summed E-state index contributed by atoms with van der Waals surface area (Å²) in [6, 6.07) is 3.85. The van der Waals surface area contributed by atoms with E-state index in [9.17, 15) is 39.2 Å². The number of rotatable bonds is 19. The minimum atomic E-state index is -1.92. The molecule has 42 heavy (non-hydrogen) atoms. The number of halogens is 1. The number of benzene rings is 1. The number of hydrogen-bond acceptors (Lipinski definition) is 11. The second kappa shape index (κ2) is 18.4. The molecular weight excluding hydrogens is 561 g/mol. The number of aliphatic hydroxyl groups is 3. The molecule has 0 radical (unpaired) electrons. The molecule has 0 bridgehead atoms. The standard InChI is InChI=1S/C28H38FNO12/c1-3-5-6-17(14-20(31)16-40-12-11-39-10-9-38-4-2)26(35)30-19-7-8-21(18(13-19)15-29)41-28-24(34)22(32)23(33)25(42-28)27(36)37/h1,7-8,13,17,22-25,28,32-34H,4-6,9-12,14-16H2,2H3,(H,30,35)(H,36,37). The average molecular weight is 600 g/mol. The van der Waals surface area contributed by atoms with Gasteiger partial charge in [-0.25, -0.2) is 9.18 Å². The minimum Gasteiger partial charge on any atom is -0.479 e. The highest BCUT2D eigenvalue weighted by atomic mass is 19.1. The van der Waals surface area contributed by atoms with Gasteiger partial charge in [0.15, 0.2) is 11.9 Å². The summed E-state index contributed by atoms with van der Waals surface area (Å²) in [4.78, 5) is 36.7. The number of carbonyl (C=O) groups is 3. The molecule has 0 spiro atoms. The van der Waals surface area contributed by atoms with Gasteiger partial charge >= 0.3 is 5.97 Å². The molecule has 1 aromatic rings. The van der Waals surface area contributed by atoms with Crippen molar-refractivity contribution in [2.75, 3.05) is 45.0 Å². The first-order valence-electron chi connectivity index (χ1n) is 13.4. The lowest BCUT2D eigenvalue weighted by Gasteiger charge is -2.38. The maximum absolute atomic E-state index is 13.9. The molecule has 6 unspecified atom stereocenters. The summed E-state index contributed by atoms with van der Waals surface area (Å²) < 4.78 is 40.1. The van der Waals surface area contributed by atoms with E-state index >= 15 is 0 Å². The largest absolute Gasteiger partial charge is 0.479 e. The van der Waals surface area contributed by atoms with Gasteiger partial charge in [-0.1, -0.05) is 0 Å². The Kier molecular flexibility index (Phi) is 15.3. The lowest BCUT2D eigenvalue weighted by Crippen LogP contribution is -2.61. The number of terminal acetylenes is 1. The van der Waals surface area contributed by atoms with Gasteiger partial charge in [0.25, 0.3) is 0 Å². The van der Waals surface area contributed by atoms with E-state index in [0.717, 1.165) is 0 Å². The van der Waals surface area contributed by atoms with Gasteiger partial charge in [-0.3, -0.25) is 9.59 Å². The lowest BCUT2D eigenvalue weighted by atomic mass is 9.96. The van der Waals surface area contributed by atoms with Crippen LogP contribution in [0.5, 0.6) is 5.75 Å². The first-order chi connectivity index (χ1) is 20.1. The summed E-state index contributed by atoms with van der Waals surface area (Å²) >= 11 is 0. The van der Waals surface area contributed by atoms with E-state index in [1.165, 1.54) is 18.2 Å². The summed E-state index contributed by atoms with van der Waals surface area (Å²) in [6.45, 7) is 2.52. The van der Waals surface area contributed by atoms with Crippen LogP contribution in [0.2, 0.25) is 0 Å². The molecule has 0 saturated carbocycles. The number of hydrogen-bond donors (Lipinski definition) is 5. The molecule has 0 aromatic heterocycles. The zero-order valence-electron chi connectivity index (χ0n) is 23.3. The smallest absolute Gasteiger partial charge is 0.335 e. The van der Waals surface area contributed by atoms with E-state index in [1.807, 2.05) is 6.92 Å². The van der Waals surface area contributed by atoms with Gasteiger partial charge in [0.2, 0.25) is 12.2 Å². The number of amides is 1. The second-order valence-electron chi connectivity index (χ2n) is 9.34. The van der Waals surface area contributed by atoms with Gasteiger partial charge in [0.05, 0.1) is 26.4 Å². The van der Waals surface area contributed by atoms with E-state index in [4.69, 9.17) is 30.1 Å². The Hall–Kier alpha value is -3.16. The molecule has 5 N–H and O–H groups in total. The fourth-order valence-corrected chi connectivity index (χ4v) is 3.98. The van der Waals surface area contributed by atoms with Gasteiger partial charge in [-0.15, -0.1) is 12.3 Å². The highest BCUT2D eigenvalue weighted by Gasteiger charge is 2.48. The first kappa shape index (κ1) is 35.0. The fourth-order valence-electron chi connectivity index (χ4n) is 3.98. The molecule has 1 aromatic carbocycles. The van der Waals surface area contributed by atoms with Crippen molar-refractivity contribution in [2.24, 2.45) is 5.92 Å². The zero-order valence-corrected chi connectivity index (χ0v) is 23.3. The predicted octanol–water partition coefficient (Wildman–Crippen LogP) is 0.424. The maximum atomic E-state index is 13.9. The topological polar surface area (TPSA) is 190 Å². The number of nitrogens with one attached hydrogen (secondary N) is 1. The highest BCUT2D eigenvalue weighted by molar-refractivity contribution is 5.95. The van der Waals surface area contributed by atoms with Crippen LogP contribution in [0.3, 0.4) is 0 Å². The summed E-state index contributed by atoms with van der Waals surface area (Å²) in [6.07, 6.45) is -3.62. The van der Waals surface area contributed by atoms with Crippen molar-refractivity contribution < 1.29 is 62.9 Å². The number of Topliss-reactive ketones (excluding diaryl/α,β-unsaturated/α-hetero) is 1. The van der Waals surface area contributed by atoms with Crippen LogP contribution in [0.1, 0.15) is 31.7 Å². The Morgan fingerprint density at radius 3 is 2.40 bits per heavy atom. The third-order valence-electron chi connectivity index (χ3n) is 6.22. The number of carboxylic acid groups (broad SMARTS) is 1. The summed E-state index contributed by atoms with van der Waals surface area (Å²) in [7, 11) is 0. The first-order valence-corrected chi connectivity index (χ1v) is 13.4. The summed E-state index contributed by atoms with van der Waals surface area (Å²) in [5.41, 5.74) is 0.0757. The van der Waals surface area contributed by atoms with Crippen LogP contribution in [0.25, 0.3) is 0 Å². The molecule has 1 amide bonds. The monoisotopic (exact) mass is 599 g/mol. The van der Waals surface area contributed by atoms with Crippen LogP contribution in [-0.2, 0) is 40.0 Å². The predicted molar refractivity (Wildman–Crippen MR) is 144 cm³/mol. The summed E-state index contributed by atoms with van der Waals surface area (Å²) in [5, 5.41) is 41.8. The van der Waals surface area contributed by atoms with Gasteiger partial charge in [0.1, 0.15) is 37.3 Å². The van der Waals surface area contributed by atoms with E-state index in [0.29, 0.717) is 19.8 Å².